The van der Waals surface area contributed by atoms with Gasteiger partial charge in [0.2, 0.25) is 5.91 Å². The Morgan fingerprint density at radius 2 is 1.91 bits per heavy atom. The van der Waals surface area contributed by atoms with Crippen LogP contribution in [0.25, 0.3) is 10.2 Å². The van der Waals surface area contributed by atoms with Gasteiger partial charge in [0.25, 0.3) is 0 Å². The molecule has 1 fully saturated rings. The Kier molecular flexibility index (Phi) is 5.34. The van der Waals surface area contributed by atoms with Crippen molar-refractivity contribution in [2.45, 2.75) is 76.2 Å². The standard InChI is InChI=1S/C24H26N4O2S3/c1-24(2)9-14(29)19-16(10-24)33-23(26-19)25-17(30)11-31-21-18-13-5-3-4-6-15(13)32-22(18)28-20(27-21)12-7-8-12/h12H,3-11H2,1-2H3,(H,25,26,30). The molecule has 3 aliphatic carbocycles. The van der Waals surface area contributed by atoms with Gasteiger partial charge in [-0.2, -0.15) is 0 Å². The predicted octanol–water partition coefficient (Wildman–Crippen LogP) is 5.79. The SMILES string of the molecule is CC1(C)CC(=O)c2nc(NC(=O)CSc3nc(C4CC4)nc4sc5c(c34)CCCC5)sc2C1. The molecule has 0 bridgehead atoms. The molecule has 33 heavy (non-hydrogen) atoms. The zero-order valence-electron chi connectivity index (χ0n) is 18.8. The summed E-state index contributed by atoms with van der Waals surface area (Å²) in [6, 6.07) is 0. The molecular formula is C24H26N4O2S3. The van der Waals surface area contributed by atoms with Gasteiger partial charge in [0, 0.05) is 27.5 Å². The first-order chi connectivity index (χ1) is 15.9. The molecule has 3 aromatic heterocycles. The summed E-state index contributed by atoms with van der Waals surface area (Å²) in [5, 5.41) is 5.58. The molecule has 0 saturated heterocycles. The number of ketones is 1. The zero-order valence-corrected chi connectivity index (χ0v) is 21.3. The zero-order chi connectivity index (χ0) is 22.7. The number of hydrogen-bond acceptors (Lipinski definition) is 8. The number of aromatic nitrogens is 3. The van der Waals surface area contributed by atoms with Gasteiger partial charge in [-0.15, -0.1) is 22.7 Å². The van der Waals surface area contributed by atoms with Crippen molar-refractivity contribution in [3.05, 3.63) is 26.8 Å². The molecular weight excluding hydrogens is 472 g/mol. The van der Waals surface area contributed by atoms with E-state index in [-0.39, 0.29) is 22.9 Å². The fourth-order valence-corrected chi connectivity index (χ4v) is 8.27. The largest absolute Gasteiger partial charge is 0.301 e. The first-order valence-electron chi connectivity index (χ1n) is 11.6. The fraction of sp³-hybridized carbons (Fsp3) is 0.542. The maximum absolute atomic E-state index is 12.8. The highest BCUT2D eigenvalue weighted by molar-refractivity contribution is 8.00. The van der Waals surface area contributed by atoms with Crippen molar-refractivity contribution >= 4 is 61.5 Å². The van der Waals surface area contributed by atoms with Crippen LogP contribution in [0, 0.1) is 5.41 Å². The van der Waals surface area contributed by atoms with Crippen LogP contribution in [-0.4, -0.2) is 32.4 Å². The lowest BCUT2D eigenvalue weighted by atomic mass is 9.78. The van der Waals surface area contributed by atoms with E-state index in [1.807, 2.05) is 11.3 Å². The Hall–Kier alpha value is -1.84. The van der Waals surface area contributed by atoms with Gasteiger partial charge < -0.3 is 5.32 Å². The summed E-state index contributed by atoms with van der Waals surface area (Å²) >= 11 is 4.75. The van der Waals surface area contributed by atoms with Gasteiger partial charge in [-0.25, -0.2) is 15.0 Å². The van der Waals surface area contributed by atoms with E-state index in [0.29, 0.717) is 23.2 Å². The predicted molar refractivity (Wildman–Crippen MR) is 134 cm³/mol. The van der Waals surface area contributed by atoms with Crippen molar-refractivity contribution in [3.8, 4) is 0 Å². The number of amides is 1. The maximum Gasteiger partial charge on any atom is 0.236 e. The molecule has 1 saturated carbocycles. The van der Waals surface area contributed by atoms with Crippen LogP contribution in [-0.2, 0) is 24.1 Å². The van der Waals surface area contributed by atoms with E-state index in [0.717, 1.165) is 52.7 Å². The van der Waals surface area contributed by atoms with Crippen molar-refractivity contribution < 1.29 is 9.59 Å². The number of thiazole rings is 1. The Morgan fingerprint density at radius 1 is 1.09 bits per heavy atom. The van der Waals surface area contributed by atoms with Crippen molar-refractivity contribution in [1.29, 1.82) is 0 Å². The Labute approximate surface area is 205 Å². The number of hydrogen-bond donors (Lipinski definition) is 1. The number of aryl methyl sites for hydroxylation is 2. The highest BCUT2D eigenvalue weighted by Crippen LogP contribution is 2.44. The van der Waals surface area contributed by atoms with Crippen LogP contribution >= 0.6 is 34.4 Å². The summed E-state index contributed by atoms with van der Waals surface area (Å²) in [5.74, 6) is 1.65. The number of nitrogens with one attached hydrogen (secondary N) is 1. The summed E-state index contributed by atoms with van der Waals surface area (Å²) in [5.41, 5.74) is 1.89. The van der Waals surface area contributed by atoms with Crippen LogP contribution in [0.15, 0.2) is 5.03 Å². The number of fused-ring (bicyclic) bond motifs is 4. The highest BCUT2D eigenvalue weighted by Gasteiger charge is 2.34. The minimum absolute atomic E-state index is 0.0505. The van der Waals surface area contributed by atoms with E-state index >= 15 is 0 Å². The Bertz CT molecular complexity index is 1290. The summed E-state index contributed by atoms with van der Waals surface area (Å²) < 4.78 is 0. The topological polar surface area (TPSA) is 84.8 Å². The number of carbonyl (C=O) groups is 2. The number of anilines is 1. The molecule has 172 valence electrons. The second kappa shape index (κ2) is 8.13. The van der Waals surface area contributed by atoms with E-state index in [2.05, 4.69) is 24.1 Å². The van der Waals surface area contributed by atoms with E-state index in [4.69, 9.17) is 9.97 Å². The highest BCUT2D eigenvalue weighted by atomic mass is 32.2. The molecule has 0 unspecified atom stereocenters. The molecule has 3 aromatic rings. The third-order valence-electron chi connectivity index (χ3n) is 6.57. The quantitative estimate of drug-likeness (QED) is 0.354. The number of thiophene rings is 1. The number of Topliss-reactive ketones (excluding diaryl/α,β-unsaturated/α-hetero) is 1. The molecule has 6 rings (SSSR count). The summed E-state index contributed by atoms with van der Waals surface area (Å²) in [7, 11) is 0. The van der Waals surface area contributed by atoms with Gasteiger partial charge in [-0.3, -0.25) is 9.59 Å². The third kappa shape index (κ3) is 4.23. The average Bonchev–Trinajstić information content (AvgIpc) is 3.43. The molecule has 0 aliphatic heterocycles. The van der Waals surface area contributed by atoms with Crippen LogP contribution in [0.4, 0.5) is 5.13 Å². The van der Waals surface area contributed by atoms with Crippen LogP contribution in [0.5, 0.6) is 0 Å². The molecule has 3 heterocycles. The van der Waals surface area contributed by atoms with Crippen LogP contribution in [0.1, 0.15) is 83.5 Å². The molecule has 0 radical (unpaired) electrons. The number of nitrogens with zero attached hydrogens (tertiary/aromatic N) is 3. The minimum Gasteiger partial charge on any atom is -0.301 e. The first-order valence-corrected chi connectivity index (χ1v) is 14.3. The van der Waals surface area contributed by atoms with Gasteiger partial charge in [-0.05, 0) is 55.9 Å². The van der Waals surface area contributed by atoms with Crippen LogP contribution < -0.4 is 5.32 Å². The molecule has 0 aromatic carbocycles. The smallest absolute Gasteiger partial charge is 0.236 e. The van der Waals surface area contributed by atoms with Crippen molar-refractivity contribution in [2.75, 3.05) is 11.1 Å². The minimum atomic E-state index is -0.110. The molecule has 6 nitrogen and oxygen atoms in total. The first kappa shape index (κ1) is 21.7. The van der Waals surface area contributed by atoms with E-state index < -0.39 is 0 Å². The summed E-state index contributed by atoms with van der Waals surface area (Å²) in [6.45, 7) is 4.20. The van der Waals surface area contributed by atoms with Crippen molar-refractivity contribution in [2.24, 2.45) is 5.41 Å². The van der Waals surface area contributed by atoms with Crippen molar-refractivity contribution in [1.82, 2.24) is 15.0 Å². The second-order valence-electron chi connectivity index (χ2n) is 10.1. The monoisotopic (exact) mass is 498 g/mol. The fourth-order valence-electron chi connectivity index (χ4n) is 4.82. The molecule has 0 spiro atoms. The normalized spacial score (nSPS) is 19.4. The van der Waals surface area contributed by atoms with E-state index in [9.17, 15) is 9.59 Å². The number of carbonyl (C=O) groups excluding carboxylic acids is 2. The van der Waals surface area contributed by atoms with Crippen LogP contribution in [0.2, 0.25) is 0 Å². The van der Waals surface area contributed by atoms with Crippen molar-refractivity contribution in [3.63, 3.8) is 0 Å². The Balaban J connectivity index is 1.22. The van der Waals surface area contributed by atoms with E-state index in [1.54, 1.807) is 0 Å². The van der Waals surface area contributed by atoms with Gasteiger partial charge in [0.15, 0.2) is 10.9 Å². The van der Waals surface area contributed by atoms with Gasteiger partial charge in [-0.1, -0.05) is 25.6 Å². The average molecular weight is 499 g/mol. The Morgan fingerprint density at radius 3 is 2.73 bits per heavy atom. The van der Waals surface area contributed by atoms with Gasteiger partial charge >= 0.3 is 0 Å². The van der Waals surface area contributed by atoms with Gasteiger partial charge in [0.05, 0.1) is 5.75 Å². The molecule has 3 aliphatic rings. The van der Waals surface area contributed by atoms with Crippen LogP contribution in [0.3, 0.4) is 0 Å². The number of rotatable bonds is 5. The molecule has 0 atom stereocenters. The summed E-state index contributed by atoms with van der Waals surface area (Å²) in [6.07, 6.45) is 8.30. The third-order valence-corrected chi connectivity index (χ3v) is 9.70. The molecule has 1 N–H and O–H groups in total. The van der Waals surface area contributed by atoms with E-state index in [1.165, 1.54) is 51.8 Å². The van der Waals surface area contributed by atoms with Gasteiger partial charge in [0.1, 0.15) is 21.4 Å². The summed E-state index contributed by atoms with van der Waals surface area (Å²) in [4.78, 5) is 43.0. The second-order valence-corrected chi connectivity index (χ2v) is 13.3. The maximum atomic E-state index is 12.8. The lowest BCUT2D eigenvalue weighted by Crippen LogP contribution is -2.26. The lowest BCUT2D eigenvalue weighted by molar-refractivity contribution is -0.113. The number of thioether (sulfide) groups is 1. The lowest BCUT2D eigenvalue weighted by Gasteiger charge is -2.26. The molecule has 9 heteroatoms. The molecule has 1 amide bonds.